The minimum absolute atomic E-state index is 0.320. The van der Waals surface area contributed by atoms with Gasteiger partial charge in [0.1, 0.15) is 5.75 Å². The molecule has 134 valence electrons. The van der Waals surface area contributed by atoms with Gasteiger partial charge in [0.2, 0.25) is 11.8 Å². The zero-order chi connectivity index (χ0) is 18.0. The van der Waals surface area contributed by atoms with Gasteiger partial charge < -0.3 is 13.9 Å². The van der Waals surface area contributed by atoms with Crippen molar-refractivity contribution in [1.29, 1.82) is 0 Å². The lowest BCUT2D eigenvalue weighted by molar-refractivity contribution is 0.0546. The predicted molar refractivity (Wildman–Crippen MR) is 98.3 cm³/mol. The van der Waals surface area contributed by atoms with Gasteiger partial charge in [0.25, 0.3) is 0 Å². The van der Waals surface area contributed by atoms with Crippen molar-refractivity contribution in [2.75, 3.05) is 20.3 Å². The number of hydrogen-bond acceptors (Lipinski definition) is 5. The largest absolute Gasteiger partial charge is 0.497 e. The quantitative estimate of drug-likeness (QED) is 0.707. The van der Waals surface area contributed by atoms with Crippen molar-refractivity contribution in [2.24, 2.45) is 0 Å². The molecule has 1 aromatic heterocycles. The highest BCUT2D eigenvalue weighted by Gasteiger charge is 2.41. The van der Waals surface area contributed by atoms with E-state index < -0.39 is 0 Å². The number of aromatic nitrogens is 2. The van der Waals surface area contributed by atoms with Gasteiger partial charge in [-0.05, 0) is 49.6 Å². The van der Waals surface area contributed by atoms with Crippen molar-refractivity contribution in [3.63, 3.8) is 0 Å². The molecule has 26 heavy (non-hydrogen) atoms. The maximum absolute atomic E-state index is 6.17. The van der Waals surface area contributed by atoms with Crippen LogP contribution in [0.1, 0.15) is 29.9 Å². The molecule has 2 aromatic carbocycles. The SMILES string of the molecule is COc1ccc(C2(c3nnc(-c4cccc(C)c4)o3)CCOCC2)cc1. The molecule has 4 rings (SSSR count). The number of hydrogen-bond donors (Lipinski definition) is 0. The fourth-order valence-corrected chi connectivity index (χ4v) is 3.57. The zero-order valence-corrected chi connectivity index (χ0v) is 15.1. The topological polar surface area (TPSA) is 57.4 Å². The lowest BCUT2D eigenvalue weighted by Gasteiger charge is -2.34. The van der Waals surface area contributed by atoms with Crippen molar-refractivity contribution in [1.82, 2.24) is 10.2 Å². The van der Waals surface area contributed by atoms with Crippen molar-refractivity contribution in [3.05, 3.63) is 65.5 Å². The molecule has 0 unspecified atom stereocenters. The Kier molecular flexibility index (Phi) is 4.47. The maximum Gasteiger partial charge on any atom is 0.247 e. The molecule has 0 N–H and O–H groups in total. The maximum atomic E-state index is 6.17. The molecule has 0 bridgehead atoms. The lowest BCUT2D eigenvalue weighted by Crippen LogP contribution is -2.35. The summed E-state index contributed by atoms with van der Waals surface area (Å²) in [6.45, 7) is 3.40. The summed E-state index contributed by atoms with van der Waals surface area (Å²) < 4.78 is 17.1. The Morgan fingerprint density at radius 1 is 1.00 bits per heavy atom. The number of benzene rings is 2. The molecular weight excluding hydrogens is 328 g/mol. The van der Waals surface area contributed by atoms with Crippen molar-refractivity contribution in [2.45, 2.75) is 25.2 Å². The summed E-state index contributed by atoms with van der Waals surface area (Å²) in [7, 11) is 1.67. The van der Waals surface area contributed by atoms with Crippen LogP contribution in [0.4, 0.5) is 0 Å². The molecule has 0 spiro atoms. The smallest absolute Gasteiger partial charge is 0.247 e. The van der Waals surface area contributed by atoms with Gasteiger partial charge in [-0.25, -0.2) is 0 Å². The summed E-state index contributed by atoms with van der Waals surface area (Å²) in [6.07, 6.45) is 1.63. The van der Waals surface area contributed by atoms with Gasteiger partial charge in [0, 0.05) is 18.8 Å². The summed E-state index contributed by atoms with van der Waals surface area (Å²) in [5, 5.41) is 8.76. The molecule has 1 saturated heterocycles. The van der Waals surface area contributed by atoms with E-state index in [0.717, 1.165) is 35.3 Å². The molecule has 1 fully saturated rings. The van der Waals surface area contributed by atoms with Crippen molar-refractivity contribution < 1.29 is 13.9 Å². The Morgan fingerprint density at radius 2 is 1.77 bits per heavy atom. The Hall–Kier alpha value is -2.66. The molecule has 0 aliphatic carbocycles. The second-order valence-corrected chi connectivity index (χ2v) is 6.70. The molecule has 3 aromatic rings. The third-order valence-electron chi connectivity index (χ3n) is 5.09. The Morgan fingerprint density at radius 3 is 2.46 bits per heavy atom. The highest BCUT2D eigenvalue weighted by molar-refractivity contribution is 5.54. The van der Waals surface area contributed by atoms with Crippen LogP contribution in [-0.2, 0) is 10.2 Å². The van der Waals surface area contributed by atoms with E-state index in [1.807, 2.05) is 24.3 Å². The number of ether oxygens (including phenoxy) is 2. The summed E-state index contributed by atoms with van der Waals surface area (Å²) >= 11 is 0. The summed E-state index contributed by atoms with van der Waals surface area (Å²) in [5.41, 5.74) is 2.94. The fourth-order valence-electron chi connectivity index (χ4n) is 3.57. The average molecular weight is 350 g/mol. The third kappa shape index (κ3) is 2.99. The molecule has 0 amide bonds. The standard InChI is InChI=1S/C21H22N2O3/c1-15-4-3-5-16(14-15)19-22-23-20(26-19)21(10-12-25-13-11-21)17-6-8-18(24-2)9-7-17/h3-9,14H,10-13H2,1-2H3. The average Bonchev–Trinajstić information content (AvgIpc) is 3.19. The van der Waals surface area contributed by atoms with Crippen LogP contribution >= 0.6 is 0 Å². The van der Waals surface area contributed by atoms with Gasteiger partial charge in [-0.2, -0.15) is 0 Å². The first-order valence-corrected chi connectivity index (χ1v) is 8.85. The normalized spacial score (nSPS) is 16.4. The Bertz CT molecular complexity index is 880. The first kappa shape index (κ1) is 16.8. The van der Waals surface area contributed by atoms with Crippen LogP contribution in [0, 0.1) is 6.92 Å². The molecule has 1 aliphatic rings. The van der Waals surface area contributed by atoms with Crippen LogP contribution in [0.3, 0.4) is 0 Å². The van der Waals surface area contributed by atoms with E-state index in [1.165, 1.54) is 0 Å². The predicted octanol–water partition coefficient (Wildman–Crippen LogP) is 4.15. The molecule has 0 radical (unpaired) electrons. The van der Waals surface area contributed by atoms with Crippen LogP contribution in [-0.4, -0.2) is 30.5 Å². The highest BCUT2D eigenvalue weighted by Crippen LogP contribution is 2.41. The van der Waals surface area contributed by atoms with Crippen LogP contribution in [0.5, 0.6) is 5.75 Å². The molecule has 2 heterocycles. The van der Waals surface area contributed by atoms with Crippen molar-refractivity contribution >= 4 is 0 Å². The van der Waals surface area contributed by atoms with Crippen LogP contribution < -0.4 is 4.74 Å². The number of methoxy groups -OCH3 is 1. The second-order valence-electron chi connectivity index (χ2n) is 6.70. The Labute approximate surface area is 153 Å². The van der Waals surface area contributed by atoms with E-state index in [2.05, 4.69) is 41.4 Å². The molecule has 1 aliphatic heterocycles. The first-order valence-electron chi connectivity index (χ1n) is 8.85. The van der Waals surface area contributed by atoms with Gasteiger partial charge in [-0.15, -0.1) is 10.2 Å². The third-order valence-corrected chi connectivity index (χ3v) is 5.09. The van der Waals surface area contributed by atoms with E-state index in [9.17, 15) is 0 Å². The van der Waals surface area contributed by atoms with Gasteiger partial charge in [-0.1, -0.05) is 29.8 Å². The zero-order valence-electron chi connectivity index (χ0n) is 15.1. The first-order chi connectivity index (χ1) is 12.7. The summed E-state index contributed by atoms with van der Waals surface area (Å²) in [6, 6.07) is 16.2. The Balaban J connectivity index is 1.75. The molecule has 0 saturated carbocycles. The van der Waals surface area contributed by atoms with Gasteiger partial charge in [0.15, 0.2) is 0 Å². The monoisotopic (exact) mass is 350 g/mol. The molecule has 0 atom stereocenters. The van der Waals surface area contributed by atoms with Crippen molar-refractivity contribution in [3.8, 4) is 17.2 Å². The highest BCUT2D eigenvalue weighted by atomic mass is 16.5. The van der Waals surface area contributed by atoms with E-state index >= 15 is 0 Å². The number of nitrogens with zero attached hydrogens (tertiary/aromatic N) is 2. The number of aryl methyl sites for hydroxylation is 1. The molecule has 5 nitrogen and oxygen atoms in total. The van der Waals surface area contributed by atoms with Gasteiger partial charge in [0.05, 0.1) is 12.5 Å². The van der Waals surface area contributed by atoms with Crippen LogP contribution in [0.25, 0.3) is 11.5 Å². The van der Waals surface area contributed by atoms with Crippen LogP contribution in [0.2, 0.25) is 0 Å². The second kappa shape index (κ2) is 6.92. The summed E-state index contributed by atoms with van der Waals surface area (Å²) in [4.78, 5) is 0. The molecule has 5 heteroatoms. The van der Waals surface area contributed by atoms with E-state index in [-0.39, 0.29) is 5.41 Å². The molecular formula is C21H22N2O3. The van der Waals surface area contributed by atoms with Crippen LogP contribution in [0.15, 0.2) is 52.9 Å². The van der Waals surface area contributed by atoms with Gasteiger partial charge >= 0.3 is 0 Å². The fraction of sp³-hybridized carbons (Fsp3) is 0.333. The lowest BCUT2D eigenvalue weighted by atomic mass is 9.74. The van der Waals surface area contributed by atoms with E-state index in [0.29, 0.717) is 25.0 Å². The minimum Gasteiger partial charge on any atom is -0.497 e. The minimum atomic E-state index is -0.320. The van der Waals surface area contributed by atoms with E-state index in [1.54, 1.807) is 7.11 Å². The van der Waals surface area contributed by atoms with E-state index in [4.69, 9.17) is 13.9 Å². The summed E-state index contributed by atoms with van der Waals surface area (Å²) in [5.74, 6) is 2.05. The van der Waals surface area contributed by atoms with Gasteiger partial charge in [-0.3, -0.25) is 0 Å². The number of rotatable bonds is 4.